The van der Waals surface area contributed by atoms with Gasteiger partial charge in [0.25, 0.3) is 5.56 Å². The van der Waals surface area contributed by atoms with Crippen LogP contribution in [0.4, 0.5) is 0 Å². The Bertz CT molecular complexity index is 442. The van der Waals surface area contributed by atoms with Gasteiger partial charge in [-0.25, -0.2) is 5.10 Å². The van der Waals surface area contributed by atoms with Crippen LogP contribution in [0.3, 0.4) is 0 Å². The van der Waals surface area contributed by atoms with Gasteiger partial charge in [-0.3, -0.25) is 4.79 Å². The molecule has 0 saturated heterocycles. The molecule has 2 aromatic rings. The van der Waals surface area contributed by atoms with Crippen molar-refractivity contribution in [2.45, 2.75) is 6.42 Å². The highest BCUT2D eigenvalue weighted by Gasteiger charge is 1.96. The van der Waals surface area contributed by atoms with Crippen LogP contribution < -0.4 is 5.56 Å². The predicted molar refractivity (Wildman–Crippen MR) is 54.1 cm³/mol. The lowest BCUT2D eigenvalue weighted by atomic mass is 10.1. The molecule has 1 heterocycles. The molecule has 2 rings (SSSR count). The van der Waals surface area contributed by atoms with Crippen LogP contribution in [-0.2, 0) is 6.42 Å². The first-order chi connectivity index (χ1) is 6.84. The van der Waals surface area contributed by atoms with E-state index in [1.54, 1.807) is 6.07 Å². The molecule has 0 spiro atoms. The lowest BCUT2D eigenvalue weighted by molar-refractivity contribution is 0.910. The van der Waals surface area contributed by atoms with Gasteiger partial charge in [0, 0.05) is 12.5 Å². The molecule has 0 unspecified atom stereocenters. The van der Waals surface area contributed by atoms with E-state index in [-0.39, 0.29) is 5.56 Å². The van der Waals surface area contributed by atoms with E-state index in [1.807, 2.05) is 30.3 Å². The smallest absolute Gasteiger partial charge is 0.264 e. The van der Waals surface area contributed by atoms with Crippen molar-refractivity contribution < 1.29 is 0 Å². The van der Waals surface area contributed by atoms with Gasteiger partial charge in [-0.15, -0.1) is 0 Å². The largest absolute Gasteiger partial charge is 0.268 e. The van der Waals surface area contributed by atoms with E-state index in [4.69, 9.17) is 0 Å². The molecule has 1 N–H and O–H groups in total. The van der Waals surface area contributed by atoms with Gasteiger partial charge >= 0.3 is 0 Å². The Morgan fingerprint density at radius 1 is 1.07 bits per heavy atom. The second kappa shape index (κ2) is 3.87. The van der Waals surface area contributed by atoms with E-state index >= 15 is 0 Å². The molecule has 0 aliphatic heterocycles. The normalized spacial score (nSPS) is 10.0. The second-order valence-electron chi connectivity index (χ2n) is 3.07. The Hall–Kier alpha value is -1.90. The molecule has 70 valence electrons. The van der Waals surface area contributed by atoms with Crippen LogP contribution in [0, 0.1) is 0 Å². The molecule has 0 fully saturated rings. The fraction of sp³-hybridized carbons (Fsp3) is 0.0909. The molecule has 0 aliphatic rings. The maximum Gasteiger partial charge on any atom is 0.264 e. The van der Waals surface area contributed by atoms with Crippen LogP contribution in [0.15, 0.2) is 47.3 Å². The molecular formula is C11H10N2O. The van der Waals surface area contributed by atoms with Crippen molar-refractivity contribution in [1.82, 2.24) is 10.2 Å². The van der Waals surface area contributed by atoms with Gasteiger partial charge in [-0.05, 0) is 11.6 Å². The number of aromatic nitrogens is 2. The van der Waals surface area contributed by atoms with E-state index in [1.165, 1.54) is 11.6 Å². The van der Waals surface area contributed by atoms with Crippen LogP contribution in [0.1, 0.15) is 11.3 Å². The highest BCUT2D eigenvalue weighted by atomic mass is 16.1. The fourth-order valence-corrected chi connectivity index (χ4v) is 1.28. The van der Waals surface area contributed by atoms with Crippen molar-refractivity contribution >= 4 is 0 Å². The van der Waals surface area contributed by atoms with Gasteiger partial charge < -0.3 is 0 Å². The van der Waals surface area contributed by atoms with Crippen molar-refractivity contribution in [1.29, 1.82) is 0 Å². The zero-order valence-electron chi connectivity index (χ0n) is 7.60. The molecule has 0 atom stereocenters. The number of nitrogens with one attached hydrogen (secondary N) is 1. The quantitative estimate of drug-likeness (QED) is 0.769. The van der Waals surface area contributed by atoms with Crippen molar-refractivity contribution in [2.75, 3.05) is 0 Å². The SMILES string of the molecule is O=c1ccc(Cc2ccccc2)n[nH]1. The number of aromatic amines is 1. The zero-order chi connectivity index (χ0) is 9.80. The summed E-state index contributed by atoms with van der Waals surface area (Å²) in [4.78, 5) is 10.8. The van der Waals surface area contributed by atoms with Crippen molar-refractivity contribution in [2.24, 2.45) is 0 Å². The zero-order valence-corrected chi connectivity index (χ0v) is 7.60. The van der Waals surface area contributed by atoms with E-state index in [2.05, 4.69) is 10.2 Å². The van der Waals surface area contributed by atoms with Gasteiger partial charge in [0.1, 0.15) is 0 Å². The monoisotopic (exact) mass is 186 g/mol. The first-order valence-corrected chi connectivity index (χ1v) is 4.43. The van der Waals surface area contributed by atoms with Crippen molar-refractivity contribution in [3.8, 4) is 0 Å². The van der Waals surface area contributed by atoms with Crippen LogP contribution in [0.25, 0.3) is 0 Å². The van der Waals surface area contributed by atoms with E-state index in [0.29, 0.717) is 0 Å². The number of benzene rings is 1. The summed E-state index contributed by atoms with van der Waals surface area (Å²) in [5, 5.41) is 6.35. The second-order valence-corrected chi connectivity index (χ2v) is 3.07. The molecular weight excluding hydrogens is 176 g/mol. The average Bonchev–Trinajstić information content (AvgIpc) is 2.23. The third-order valence-electron chi connectivity index (χ3n) is 1.96. The van der Waals surface area contributed by atoms with Crippen molar-refractivity contribution in [3.63, 3.8) is 0 Å². The highest BCUT2D eigenvalue weighted by molar-refractivity contribution is 5.20. The molecule has 14 heavy (non-hydrogen) atoms. The lowest BCUT2D eigenvalue weighted by Gasteiger charge is -1.98. The lowest BCUT2D eigenvalue weighted by Crippen LogP contribution is -2.07. The van der Waals surface area contributed by atoms with Gasteiger partial charge in [0.15, 0.2) is 0 Å². The Kier molecular flexibility index (Phi) is 2.40. The third kappa shape index (κ3) is 2.07. The maximum absolute atomic E-state index is 10.8. The van der Waals surface area contributed by atoms with Crippen LogP contribution >= 0.6 is 0 Å². The first kappa shape index (κ1) is 8.69. The minimum atomic E-state index is -0.165. The van der Waals surface area contributed by atoms with Crippen molar-refractivity contribution in [3.05, 3.63) is 64.1 Å². The number of hydrogen-bond acceptors (Lipinski definition) is 2. The fourth-order valence-electron chi connectivity index (χ4n) is 1.28. The summed E-state index contributed by atoms with van der Waals surface area (Å²) in [6.07, 6.45) is 0.748. The molecule has 0 bridgehead atoms. The van der Waals surface area contributed by atoms with Gasteiger partial charge in [0.05, 0.1) is 5.69 Å². The maximum atomic E-state index is 10.8. The Labute approximate surface area is 81.4 Å². The number of H-pyrrole nitrogens is 1. The standard InChI is InChI=1S/C11H10N2O/c14-11-7-6-10(12-13-11)8-9-4-2-1-3-5-9/h1-7H,8H2,(H,13,14). The number of rotatable bonds is 2. The van der Waals surface area contributed by atoms with Gasteiger partial charge in [0.2, 0.25) is 0 Å². The summed E-state index contributed by atoms with van der Waals surface area (Å²) in [6.45, 7) is 0. The van der Waals surface area contributed by atoms with Crippen LogP contribution in [0.2, 0.25) is 0 Å². The van der Waals surface area contributed by atoms with E-state index in [0.717, 1.165) is 12.1 Å². The van der Waals surface area contributed by atoms with Crippen LogP contribution in [0.5, 0.6) is 0 Å². The van der Waals surface area contributed by atoms with Crippen LogP contribution in [-0.4, -0.2) is 10.2 Å². The number of hydrogen-bond donors (Lipinski definition) is 1. The van der Waals surface area contributed by atoms with E-state index < -0.39 is 0 Å². The Morgan fingerprint density at radius 3 is 2.50 bits per heavy atom. The minimum absolute atomic E-state index is 0.165. The molecule has 1 aromatic heterocycles. The highest BCUT2D eigenvalue weighted by Crippen LogP contribution is 2.04. The molecule has 0 aliphatic carbocycles. The number of nitrogens with zero attached hydrogens (tertiary/aromatic N) is 1. The molecule has 0 amide bonds. The van der Waals surface area contributed by atoms with Gasteiger partial charge in [-0.1, -0.05) is 30.3 Å². The molecule has 3 nitrogen and oxygen atoms in total. The Balaban J connectivity index is 2.19. The summed E-state index contributed by atoms with van der Waals surface area (Å²) in [5.41, 5.74) is 1.89. The molecule has 0 saturated carbocycles. The third-order valence-corrected chi connectivity index (χ3v) is 1.96. The summed E-state index contributed by atoms with van der Waals surface area (Å²) < 4.78 is 0. The topological polar surface area (TPSA) is 45.8 Å². The summed E-state index contributed by atoms with van der Waals surface area (Å²) in [7, 11) is 0. The minimum Gasteiger partial charge on any atom is -0.268 e. The van der Waals surface area contributed by atoms with E-state index in [9.17, 15) is 4.79 Å². The Morgan fingerprint density at radius 2 is 1.86 bits per heavy atom. The molecule has 3 heteroatoms. The average molecular weight is 186 g/mol. The summed E-state index contributed by atoms with van der Waals surface area (Å²) in [5.74, 6) is 0. The molecule has 0 radical (unpaired) electrons. The molecule has 1 aromatic carbocycles. The predicted octanol–water partition coefficient (Wildman–Crippen LogP) is 1.36. The first-order valence-electron chi connectivity index (χ1n) is 4.43. The summed E-state index contributed by atoms with van der Waals surface area (Å²) in [6, 6.07) is 13.3. The van der Waals surface area contributed by atoms with Gasteiger partial charge in [-0.2, -0.15) is 5.10 Å². The summed E-state index contributed by atoms with van der Waals surface area (Å²) >= 11 is 0.